The molecule has 11 heteroatoms. The maximum atomic E-state index is 13.3. The number of likely N-dealkylation sites (N-methyl/N-ethyl adjacent to an activating group) is 1. The van der Waals surface area contributed by atoms with Gasteiger partial charge in [-0.25, -0.2) is 9.48 Å². The maximum absolute atomic E-state index is 13.3. The third-order valence-corrected chi connectivity index (χ3v) is 5.55. The summed E-state index contributed by atoms with van der Waals surface area (Å²) in [6.07, 6.45) is -4.64. The lowest BCUT2D eigenvalue weighted by molar-refractivity contribution is -0.137. The molecule has 3 amide bonds. The summed E-state index contributed by atoms with van der Waals surface area (Å²) in [7, 11) is 0. The van der Waals surface area contributed by atoms with Gasteiger partial charge in [0.05, 0.1) is 22.6 Å². The average molecular weight is 522 g/mol. The summed E-state index contributed by atoms with van der Waals surface area (Å²) in [4.78, 5) is 26.7. The number of hydrogen-bond donors (Lipinski definition) is 2. The molecule has 0 fully saturated rings. The number of nitrogens with one attached hydrogen (secondary N) is 2. The first kappa shape index (κ1) is 27.1. The van der Waals surface area contributed by atoms with Crippen LogP contribution in [-0.2, 0) is 16.4 Å². The molecule has 0 aliphatic rings. The molecule has 0 bridgehead atoms. The van der Waals surface area contributed by atoms with Crippen LogP contribution in [0.15, 0.2) is 54.6 Å². The molecule has 0 radical (unpaired) electrons. The van der Waals surface area contributed by atoms with E-state index in [1.165, 1.54) is 12.1 Å². The van der Waals surface area contributed by atoms with Gasteiger partial charge in [0.2, 0.25) is 5.91 Å². The fourth-order valence-corrected chi connectivity index (χ4v) is 3.46. The van der Waals surface area contributed by atoms with Gasteiger partial charge in [-0.05, 0) is 43.3 Å². The lowest BCUT2D eigenvalue weighted by Crippen LogP contribution is -2.40. The van der Waals surface area contributed by atoms with Crippen molar-refractivity contribution in [2.75, 3.05) is 23.7 Å². The van der Waals surface area contributed by atoms with E-state index in [1.54, 1.807) is 41.9 Å². The highest BCUT2D eigenvalue weighted by atomic mass is 35.5. The average Bonchev–Trinajstić information content (AvgIpc) is 3.21. The van der Waals surface area contributed by atoms with Gasteiger partial charge < -0.3 is 15.5 Å². The van der Waals surface area contributed by atoms with E-state index < -0.39 is 23.7 Å². The molecule has 0 aliphatic carbocycles. The van der Waals surface area contributed by atoms with Crippen molar-refractivity contribution in [1.29, 1.82) is 0 Å². The first-order chi connectivity index (χ1) is 16.8. The molecule has 0 saturated carbocycles. The first-order valence-corrected chi connectivity index (χ1v) is 11.6. The predicted molar refractivity (Wildman–Crippen MR) is 134 cm³/mol. The van der Waals surface area contributed by atoms with Gasteiger partial charge >= 0.3 is 12.2 Å². The number of hydrogen-bond acceptors (Lipinski definition) is 3. The number of carbonyl (C=O) groups excluding carboxylic acids is 2. The quantitative estimate of drug-likeness (QED) is 0.397. The Morgan fingerprint density at radius 1 is 1.03 bits per heavy atom. The molecule has 7 nitrogen and oxygen atoms in total. The summed E-state index contributed by atoms with van der Waals surface area (Å²) in [6, 6.07) is 12.5. The number of aromatic nitrogens is 2. The van der Waals surface area contributed by atoms with Crippen molar-refractivity contribution >= 4 is 35.0 Å². The Hall–Kier alpha value is -3.53. The minimum Gasteiger partial charge on any atom is -0.315 e. The lowest BCUT2D eigenvalue weighted by atomic mass is 9.92. The molecule has 3 rings (SSSR count). The van der Waals surface area contributed by atoms with Gasteiger partial charge in [-0.15, -0.1) is 0 Å². The number of nitrogens with zero attached hydrogens (tertiary/aromatic N) is 3. The molecule has 3 aromatic rings. The summed E-state index contributed by atoms with van der Waals surface area (Å²) in [5.41, 5.74) is -0.274. The van der Waals surface area contributed by atoms with Gasteiger partial charge in [-0.2, -0.15) is 18.3 Å². The molecular weight excluding hydrogens is 495 g/mol. The van der Waals surface area contributed by atoms with Crippen molar-refractivity contribution in [2.24, 2.45) is 0 Å². The molecule has 0 aliphatic heterocycles. The van der Waals surface area contributed by atoms with Crippen molar-refractivity contribution < 1.29 is 22.8 Å². The minimum atomic E-state index is -4.64. The zero-order valence-corrected chi connectivity index (χ0v) is 21.0. The van der Waals surface area contributed by atoms with E-state index in [1.807, 2.05) is 20.8 Å². The highest BCUT2D eigenvalue weighted by Gasteiger charge is 2.34. The number of halogens is 4. The van der Waals surface area contributed by atoms with Crippen molar-refractivity contribution in [2.45, 2.75) is 39.3 Å². The Labute approximate surface area is 212 Å². The molecule has 2 N–H and O–H groups in total. The van der Waals surface area contributed by atoms with E-state index in [2.05, 4.69) is 15.7 Å². The number of urea groups is 1. The van der Waals surface area contributed by atoms with Crippen LogP contribution in [0.1, 0.15) is 39.0 Å². The van der Waals surface area contributed by atoms with Crippen molar-refractivity contribution in [3.8, 4) is 5.69 Å². The normalized spacial score (nSPS) is 11.8. The summed E-state index contributed by atoms with van der Waals surface area (Å²) >= 11 is 5.99. The van der Waals surface area contributed by atoms with Gasteiger partial charge in [-0.3, -0.25) is 4.79 Å². The van der Waals surface area contributed by atoms with Crippen LogP contribution in [0.4, 0.5) is 29.5 Å². The van der Waals surface area contributed by atoms with E-state index >= 15 is 0 Å². The second-order valence-electron chi connectivity index (χ2n) is 9.09. The molecule has 0 saturated heterocycles. The third kappa shape index (κ3) is 6.57. The third-order valence-electron chi connectivity index (χ3n) is 5.29. The SMILES string of the molecule is CCN(CC(=O)Nc1cc(C(C)(C)C)nn1-c1ccc(Cl)cc1)C(=O)Nc1ccccc1C(F)(F)F. The number of carbonyl (C=O) groups is 2. The molecule has 0 unspecified atom stereocenters. The van der Waals surface area contributed by atoms with Crippen LogP contribution in [0.2, 0.25) is 5.02 Å². The first-order valence-electron chi connectivity index (χ1n) is 11.2. The van der Waals surface area contributed by atoms with E-state index in [4.69, 9.17) is 11.6 Å². The number of para-hydroxylation sites is 1. The van der Waals surface area contributed by atoms with Crippen LogP contribution < -0.4 is 10.6 Å². The standard InChI is InChI=1S/C25H27ClF3N5O2/c1-5-33(23(36)30-19-9-7-6-8-18(19)25(27,28)29)15-22(35)31-21-14-20(24(2,3)4)32-34(21)17-12-10-16(26)11-13-17/h6-14H,5,15H2,1-4H3,(H,30,36)(H,31,35). The topological polar surface area (TPSA) is 79.3 Å². The number of benzene rings is 2. The van der Waals surface area contributed by atoms with Crippen molar-refractivity contribution in [1.82, 2.24) is 14.7 Å². The molecular formula is C25H27ClF3N5O2. The van der Waals surface area contributed by atoms with Gasteiger partial charge in [0, 0.05) is 23.0 Å². The minimum absolute atomic E-state index is 0.0944. The summed E-state index contributed by atoms with van der Waals surface area (Å²) in [5, 5.41) is 10.2. The molecule has 1 heterocycles. The smallest absolute Gasteiger partial charge is 0.315 e. The van der Waals surface area contributed by atoms with Crippen LogP contribution >= 0.6 is 11.6 Å². The summed E-state index contributed by atoms with van der Waals surface area (Å²) < 4.78 is 41.4. The number of amides is 3. The Bertz CT molecular complexity index is 1230. The van der Waals surface area contributed by atoms with E-state index in [0.717, 1.165) is 22.7 Å². The highest BCUT2D eigenvalue weighted by molar-refractivity contribution is 6.30. The van der Waals surface area contributed by atoms with Gasteiger partial charge in [-0.1, -0.05) is 44.5 Å². The second kappa shape index (κ2) is 10.6. The fraction of sp³-hybridized carbons (Fsp3) is 0.320. The largest absolute Gasteiger partial charge is 0.418 e. The molecule has 36 heavy (non-hydrogen) atoms. The lowest BCUT2D eigenvalue weighted by Gasteiger charge is -2.22. The number of alkyl halides is 3. The van der Waals surface area contributed by atoms with Gasteiger partial charge in [0.25, 0.3) is 0 Å². The Morgan fingerprint density at radius 3 is 2.25 bits per heavy atom. The Morgan fingerprint density at radius 2 is 1.67 bits per heavy atom. The van der Waals surface area contributed by atoms with Crippen LogP contribution in [0, 0.1) is 0 Å². The number of rotatable bonds is 6. The van der Waals surface area contributed by atoms with Crippen LogP contribution in [0.25, 0.3) is 5.69 Å². The molecule has 192 valence electrons. The van der Waals surface area contributed by atoms with Crippen LogP contribution in [0.3, 0.4) is 0 Å². The van der Waals surface area contributed by atoms with E-state index in [-0.39, 0.29) is 24.2 Å². The molecule has 2 aromatic carbocycles. The van der Waals surface area contributed by atoms with E-state index in [0.29, 0.717) is 16.5 Å². The van der Waals surface area contributed by atoms with Gasteiger partial charge in [0.15, 0.2) is 0 Å². The second-order valence-corrected chi connectivity index (χ2v) is 9.53. The zero-order chi connectivity index (χ0) is 26.7. The highest BCUT2D eigenvalue weighted by Crippen LogP contribution is 2.34. The Kier molecular flexibility index (Phi) is 7.98. The predicted octanol–water partition coefficient (Wildman–Crippen LogP) is 6.33. The van der Waals surface area contributed by atoms with Crippen molar-refractivity contribution in [3.05, 3.63) is 70.9 Å². The summed E-state index contributed by atoms with van der Waals surface area (Å²) in [6.45, 7) is 7.28. The summed E-state index contributed by atoms with van der Waals surface area (Å²) in [5.74, 6) is -0.155. The molecule has 1 aromatic heterocycles. The van der Waals surface area contributed by atoms with Crippen molar-refractivity contribution in [3.63, 3.8) is 0 Å². The monoisotopic (exact) mass is 521 g/mol. The fourth-order valence-electron chi connectivity index (χ4n) is 3.33. The molecule has 0 atom stereocenters. The molecule has 0 spiro atoms. The van der Waals surface area contributed by atoms with Crippen LogP contribution in [0.5, 0.6) is 0 Å². The maximum Gasteiger partial charge on any atom is 0.418 e. The Balaban J connectivity index is 1.79. The van der Waals surface area contributed by atoms with Gasteiger partial charge in [0.1, 0.15) is 12.4 Å². The zero-order valence-electron chi connectivity index (χ0n) is 20.3. The number of anilines is 2. The van der Waals surface area contributed by atoms with E-state index in [9.17, 15) is 22.8 Å². The van der Waals surface area contributed by atoms with Crippen LogP contribution in [-0.4, -0.2) is 39.7 Å².